The van der Waals surface area contributed by atoms with Crippen LogP contribution in [0.15, 0.2) is 40.9 Å². The van der Waals surface area contributed by atoms with E-state index in [-0.39, 0.29) is 0 Å². The summed E-state index contributed by atoms with van der Waals surface area (Å²) in [4.78, 5) is 4.56. The summed E-state index contributed by atoms with van der Waals surface area (Å²) in [5.41, 5.74) is 2.46. The van der Waals surface area contributed by atoms with E-state index in [1.165, 1.54) is 5.57 Å². The van der Waals surface area contributed by atoms with Crippen molar-refractivity contribution in [2.75, 3.05) is 0 Å². The SMILES string of the molecule is CC1=CC2N=C(C)C=CC2C=C1. The first kappa shape index (κ1) is 7.53. The average molecular weight is 159 g/mol. The van der Waals surface area contributed by atoms with Gasteiger partial charge in [-0.25, -0.2) is 0 Å². The zero-order valence-corrected chi connectivity index (χ0v) is 7.49. The van der Waals surface area contributed by atoms with Gasteiger partial charge in [0, 0.05) is 11.6 Å². The Labute approximate surface area is 73.2 Å². The maximum absolute atomic E-state index is 4.56. The number of allylic oxidation sites excluding steroid dienone is 3. The van der Waals surface area contributed by atoms with Gasteiger partial charge in [0.15, 0.2) is 0 Å². The minimum absolute atomic E-state index is 0.361. The molecule has 1 nitrogen and oxygen atoms in total. The number of dihydropyridines is 1. The Balaban J connectivity index is 2.30. The van der Waals surface area contributed by atoms with Gasteiger partial charge in [-0.2, -0.15) is 0 Å². The molecule has 2 unspecified atom stereocenters. The van der Waals surface area contributed by atoms with Crippen molar-refractivity contribution in [1.29, 1.82) is 0 Å². The topological polar surface area (TPSA) is 12.4 Å². The summed E-state index contributed by atoms with van der Waals surface area (Å²) in [7, 11) is 0. The fraction of sp³-hybridized carbons (Fsp3) is 0.364. The van der Waals surface area contributed by atoms with Crippen LogP contribution in [0.5, 0.6) is 0 Å². The second-order valence-corrected chi connectivity index (χ2v) is 3.47. The molecule has 2 rings (SSSR count). The Hall–Kier alpha value is -1.11. The summed E-state index contributed by atoms with van der Waals surface area (Å²) in [6.45, 7) is 4.17. The van der Waals surface area contributed by atoms with E-state index in [1.807, 2.05) is 6.92 Å². The molecule has 0 fully saturated rings. The molecule has 1 heterocycles. The molecule has 1 heteroatoms. The standard InChI is InChI=1S/C11H13N/c1-8-3-5-10-6-4-9(2)12-11(10)7-8/h3-7,10-11H,1-2H3. The molecular weight excluding hydrogens is 146 g/mol. The van der Waals surface area contributed by atoms with Crippen LogP contribution in [-0.4, -0.2) is 11.8 Å². The Bertz CT molecular complexity index is 275. The molecule has 2 atom stereocenters. The molecule has 0 N–H and O–H groups in total. The molecule has 0 aromatic heterocycles. The number of hydrogen-bond donors (Lipinski definition) is 0. The van der Waals surface area contributed by atoms with E-state index in [0.29, 0.717) is 12.0 Å². The molecule has 2 aliphatic rings. The molecule has 0 spiro atoms. The summed E-state index contributed by atoms with van der Waals surface area (Å²) in [5, 5.41) is 0. The van der Waals surface area contributed by atoms with Gasteiger partial charge in [-0.1, -0.05) is 29.9 Å². The highest BCUT2D eigenvalue weighted by Gasteiger charge is 2.18. The molecule has 62 valence electrons. The monoisotopic (exact) mass is 159 g/mol. The normalized spacial score (nSPS) is 32.5. The average Bonchev–Trinajstić information content (AvgIpc) is 2.03. The summed E-state index contributed by atoms with van der Waals surface area (Å²) in [6, 6.07) is 0.361. The van der Waals surface area contributed by atoms with Crippen molar-refractivity contribution in [2.45, 2.75) is 19.9 Å². The number of fused-ring (bicyclic) bond motifs is 1. The van der Waals surface area contributed by atoms with Crippen molar-refractivity contribution >= 4 is 5.71 Å². The van der Waals surface area contributed by atoms with E-state index < -0.39 is 0 Å². The van der Waals surface area contributed by atoms with Gasteiger partial charge < -0.3 is 0 Å². The van der Waals surface area contributed by atoms with Crippen LogP contribution in [0.25, 0.3) is 0 Å². The molecule has 0 bridgehead atoms. The van der Waals surface area contributed by atoms with Crippen molar-refractivity contribution in [3.63, 3.8) is 0 Å². The van der Waals surface area contributed by atoms with Gasteiger partial charge >= 0.3 is 0 Å². The molecule has 0 saturated carbocycles. The predicted molar refractivity (Wildman–Crippen MR) is 52.4 cm³/mol. The Morgan fingerprint density at radius 3 is 2.75 bits per heavy atom. The third-order valence-corrected chi connectivity index (χ3v) is 2.32. The minimum Gasteiger partial charge on any atom is -0.282 e. The first-order chi connectivity index (χ1) is 5.75. The van der Waals surface area contributed by atoms with Crippen LogP contribution >= 0.6 is 0 Å². The van der Waals surface area contributed by atoms with Crippen molar-refractivity contribution in [2.24, 2.45) is 10.9 Å². The smallest absolute Gasteiger partial charge is 0.0785 e. The fourth-order valence-corrected chi connectivity index (χ4v) is 1.64. The predicted octanol–water partition coefficient (Wildman–Crippen LogP) is 2.52. The van der Waals surface area contributed by atoms with Crippen LogP contribution in [-0.2, 0) is 0 Å². The van der Waals surface area contributed by atoms with Crippen LogP contribution in [0, 0.1) is 5.92 Å². The van der Waals surface area contributed by atoms with Crippen LogP contribution in [0.2, 0.25) is 0 Å². The highest BCUT2D eigenvalue weighted by atomic mass is 14.8. The number of nitrogens with zero attached hydrogens (tertiary/aromatic N) is 1. The lowest BCUT2D eigenvalue weighted by Gasteiger charge is -2.22. The van der Waals surface area contributed by atoms with Crippen molar-refractivity contribution in [1.82, 2.24) is 0 Å². The molecule has 0 aromatic rings. The molecule has 1 aliphatic carbocycles. The summed E-state index contributed by atoms with van der Waals surface area (Å²) >= 11 is 0. The molecule has 0 radical (unpaired) electrons. The van der Waals surface area contributed by atoms with Crippen LogP contribution in [0.3, 0.4) is 0 Å². The largest absolute Gasteiger partial charge is 0.282 e. The molecule has 0 saturated heterocycles. The van der Waals surface area contributed by atoms with E-state index in [9.17, 15) is 0 Å². The van der Waals surface area contributed by atoms with E-state index in [4.69, 9.17) is 0 Å². The molecular formula is C11H13N. The fourth-order valence-electron chi connectivity index (χ4n) is 1.64. The molecule has 0 aromatic carbocycles. The first-order valence-electron chi connectivity index (χ1n) is 4.35. The van der Waals surface area contributed by atoms with Crippen LogP contribution in [0.4, 0.5) is 0 Å². The third-order valence-electron chi connectivity index (χ3n) is 2.32. The zero-order chi connectivity index (χ0) is 8.55. The van der Waals surface area contributed by atoms with Crippen molar-refractivity contribution < 1.29 is 0 Å². The zero-order valence-electron chi connectivity index (χ0n) is 7.49. The lowest BCUT2D eigenvalue weighted by atomic mass is 9.90. The highest BCUT2D eigenvalue weighted by molar-refractivity contribution is 5.93. The summed E-state index contributed by atoms with van der Waals surface area (Å²) in [6.07, 6.45) is 11.0. The van der Waals surface area contributed by atoms with Gasteiger partial charge in [-0.3, -0.25) is 4.99 Å². The maximum Gasteiger partial charge on any atom is 0.0785 e. The lowest BCUT2D eigenvalue weighted by molar-refractivity contribution is 0.674. The van der Waals surface area contributed by atoms with Crippen molar-refractivity contribution in [3.05, 3.63) is 36.0 Å². The molecule has 1 aliphatic heterocycles. The Morgan fingerprint density at radius 2 is 1.92 bits per heavy atom. The van der Waals surface area contributed by atoms with Gasteiger partial charge in [-0.15, -0.1) is 0 Å². The van der Waals surface area contributed by atoms with Crippen molar-refractivity contribution in [3.8, 4) is 0 Å². The van der Waals surface area contributed by atoms with Gasteiger partial charge in [-0.05, 0) is 19.9 Å². The van der Waals surface area contributed by atoms with E-state index in [0.717, 1.165) is 5.71 Å². The quantitative estimate of drug-likeness (QED) is 0.515. The van der Waals surface area contributed by atoms with Crippen LogP contribution in [0.1, 0.15) is 13.8 Å². The van der Waals surface area contributed by atoms with Gasteiger partial charge in [0.1, 0.15) is 0 Å². The summed E-state index contributed by atoms with van der Waals surface area (Å²) < 4.78 is 0. The third kappa shape index (κ3) is 1.27. The molecule has 12 heavy (non-hydrogen) atoms. The first-order valence-corrected chi connectivity index (χ1v) is 4.35. The van der Waals surface area contributed by atoms with E-state index >= 15 is 0 Å². The number of rotatable bonds is 0. The second kappa shape index (κ2) is 2.74. The number of aliphatic imine (C=N–C) groups is 1. The van der Waals surface area contributed by atoms with Crippen LogP contribution < -0.4 is 0 Å². The minimum atomic E-state index is 0.361. The second-order valence-electron chi connectivity index (χ2n) is 3.47. The van der Waals surface area contributed by atoms with Gasteiger partial charge in [0.25, 0.3) is 0 Å². The Morgan fingerprint density at radius 1 is 1.17 bits per heavy atom. The highest BCUT2D eigenvalue weighted by Crippen LogP contribution is 2.23. The van der Waals surface area contributed by atoms with E-state index in [2.05, 4.69) is 42.3 Å². The van der Waals surface area contributed by atoms with E-state index in [1.54, 1.807) is 0 Å². The number of hydrogen-bond acceptors (Lipinski definition) is 1. The molecule has 0 amide bonds. The van der Waals surface area contributed by atoms with Gasteiger partial charge in [0.05, 0.1) is 6.04 Å². The Kier molecular flexibility index (Phi) is 1.72. The maximum atomic E-state index is 4.56. The van der Waals surface area contributed by atoms with Gasteiger partial charge in [0.2, 0.25) is 0 Å². The lowest BCUT2D eigenvalue weighted by Crippen LogP contribution is -2.20. The summed E-state index contributed by atoms with van der Waals surface area (Å²) in [5.74, 6) is 0.498.